The van der Waals surface area contributed by atoms with Crippen LogP contribution in [0.15, 0.2) is 35.0 Å². The molecule has 1 heterocycles. The van der Waals surface area contributed by atoms with Crippen LogP contribution in [-0.2, 0) is 0 Å². The smallest absolute Gasteiger partial charge is 0.150 e. The zero-order valence-corrected chi connectivity index (χ0v) is 11.4. The highest BCUT2D eigenvalue weighted by Crippen LogP contribution is 2.23. The van der Waals surface area contributed by atoms with E-state index in [2.05, 4.69) is 47.3 Å². The van der Waals surface area contributed by atoms with Crippen molar-refractivity contribution in [3.8, 4) is 0 Å². The summed E-state index contributed by atoms with van der Waals surface area (Å²) in [6.45, 7) is 6.42. The quantitative estimate of drug-likeness (QED) is 0.799. The third-order valence-electron chi connectivity index (χ3n) is 3.50. The van der Waals surface area contributed by atoms with Crippen molar-refractivity contribution in [2.75, 3.05) is 0 Å². The predicted molar refractivity (Wildman–Crippen MR) is 76.3 cm³/mol. The van der Waals surface area contributed by atoms with Crippen LogP contribution in [0.3, 0.4) is 0 Å². The molecule has 1 aromatic heterocycles. The molecular formula is C15H21N3. The third kappa shape index (κ3) is 2.97. The van der Waals surface area contributed by atoms with E-state index < -0.39 is 0 Å². The maximum atomic E-state index is 4.46. The van der Waals surface area contributed by atoms with Crippen molar-refractivity contribution in [2.24, 2.45) is 16.8 Å². The molecule has 0 radical (unpaired) electrons. The molecule has 0 aromatic carbocycles. The van der Waals surface area contributed by atoms with E-state index in [1.165, 1.54) is 12.0 Å². The van der Waals surface area contributed by atoms with Crippen molar-refractivity contribution in [1.82, 2.24) is 10.2 Å². The fraction of sp³-hybridized carbons (Fsp3) is 0.467. The van der Waals surface area contributed by atoms with Gasteiger partial charge in [-0.1, -0.05) is 32.1 Å². The first kappa shape index (κ1) is 12.8. The van der Waals surface area contributed by atoms with Crippen LogP contribution in [0, 0.1) is 18.8 Å². The van der Waals surface area contributed by atoms with Crippen molar-refractivity contribution in [1.29, 1.82) is 0 Å². The van der Waals surface area contributed by atoms with Gasteiger partial charge in [0.15, 0.2) is 0 Å². The molecule has 2 rings (SSSR count). The zero-order chi connectivity index (χ0) is 13.0. The first-order valence-electron chi connectivity index (χ1n) is 6.63. The fourth-order valence-corrected chi connectivity index (χ4v) is 2.06. The lowest BCUT2D eigenvalue weighted by atomic mass is 9.90. The van der Waals surface area contributed by atoms with Gasteiger partial charge in [0.2, 0.25) is 0 Å². The molecule has 1 aliphatic rings. The highest BCUT2D eigenvalue weighted by Gasteiger charge is 2.10. The second-order valence-electron chi connectivity index (χ2n) is 4.94. The number of rotatable bonds is 4. The summed E-state index contributed by atoms with van der Waals surface area (Å²) in [5, 5.41) is 6.86. The molecule has 96 valence electrons. The summed E-state index contributed by atoms with van der Waals surface area (Å²) < 4.78 is 0. The highest BCUT2D eigenvalue weighted by atomic mass is 15.2. The van der Waals surface area contributed by atoms with Gasteiger partial charge in [-0.15, -0.1) is 0 Å². The predicted octanol–water partition coefficient (Wildman–Crippen LogP) is 3.97. The third-order valence-corrected chi connectivity index (χ3v) is 3.50. The molecule has 0 saturated heterocycles. The Morgan fingerprint density at radius 1 is 1.61 bits per heavy atom. The Hall–Kier alpha value is -1.64. The minimum absolute atomic E-state index is 0.349. The van der Waals surface area contributed by atoms with E-state index in [4.69, 9.17) is 0 Å². The lowest BCUT2D eigenvalue weighted by Gasteiger charge is -2.16. The van der Waals surface area contributed by atoms with Gasteiger partial charge >= 0.3 is 0 Å². The molecule has 0 aliphatic heterocycles. The fourth-order valence-electron chi connectivity index (χ4n) is 2.06. The van der Waals surface area contributed by atoms with Gasteiger partial charge in [-0.2, -0.15) is 5.10 Å². The number of aromatic nitrogens is 2. The van der Waals surface area contributed by atoms with Crippen LogP contribution >= 0.6 is 0 Å². The molecule has 1 aromatic rings. The Labute approximate surface area is 109 Å². The number of aromatic amines is 1. The molecule has 0 bridgehead atoms. The first-order valence-corrected chi connectivity index (χ1v) is 6.63. The second-order valence-corrected chi connectivity index (χ2v) is 4.94. The Kier molecular flexibility index (Phi) is 4.13. The van der Waals surface area contributed by atoms with Crippen molar-refractivity contribution in [2.45, 2.75) is 33.6 Å². The van der Waals surface area contributed by atoms with Crippen LogP contribution < -0.4 is 0 Å². The van der Waals surface area contributed by atoms with E-state index in [0.29, 0.717) is 11.8 Å². The number of aryl methyl sites for hydroxylation is 1. The number of hydrogen-bond donors (Lipinski definition) is 1. The van der Waals surface area contributed by atoms with E-state index in [0.717, 1.165) is 17.8 Å². The van der Waals surface area contributed by atoms with Crippen molar-refractivity contribution >= 4 is 12.0 Å². The van der Waals surface area contributed by atoms with E-state index in [9.17, 15) is 0 Å². The minimum atomic E-state index is 0.349. The van der Waals surface area contributed by atoms with E-state index in [1.807, 2.05) is 13.1 Å². The van der Waals surface area contributed by atoms with Gasteiger partial charge in [0, 0.05) is 17.7 Å². The lowest BCUT2D eigenvalue weighted by Crippen LogP contribution is -2.05. The molecule has 0 amide bonds. The van der Waals surface area contributed by atoms with E-state index >= 15 is 0 Å². The summed E-state index contributed by atoms with van der Waals surface area (Å²) in [5.41, 5.74) is 2.44. The van der Waals surface area contributed by atoms with Gasteiger partial charge in [0.1, 0.15) is 5.82 Å². The van der Waals surface area contributed by atoms with Crippen LogP contribution in [0.5, 0.6) is 0 Å². The van der Waals surface area contributed by atoms with Gasteiger partial charge < -0.3 is 0 Å². The first-order chi connectivity index (χ1) is 8.70. The number of hydrogen-bond acceptors (Lipinski definition) is 2. The second kappa shape index (κ2) is 5.80. The van der Waals surface area contributed by atoms with Gasteiger partial charge in [-0.05, 0) is 31.3 Å². The number of nitrogens with one attached hydrogen (secondary N) is 1. The summed E-state index contributed by atoms with van der Waals surface area (Å²) in [5.74, 6) is 1.92. The van der Waals surface area contributed by atoms with Gasteiger partial charge in [-0.25, -0.2) is 4.99 Å². The highest BCUT2D eigenvalue weighted by molar-refractivity contribution is 5.69. The Morgan fingerprint density at radius 3 is 3.00 bits per heavy atom. The molecule has 0 fully saturated rings. The summed E-state index contributed by atoms with van der Waals surface area (Å²) in [4.78, 5) is 4.46. The summed E-state index contributed by atoms with van der Waals surface area (Å²) in [6, 6.07) is 0. The molecule has 2 atom stereocenters. The summed E-state index contributed by atoms with van der Waals surface area (Å²) >= 11 is 0. The summed E-state index contributed by atoms with van der Waals surface area (Å²) in [6.07, 6.45) is 13.1. The number of aliphatic imine (C=N–C) groups is 1. The topological polar surface area (TPSA) is 41.0 Å². The average Bonchev–Trinajstić information content (AvgIpc) is 2.81. The van der Waals surface area contributed by atoms with Gasteiger partial charge in [-0.3, -0.25) is 5.10 Å². The Morgan fingerprint density at radius 2 is 2.44 bits per heavy atom. The number of allylic oxidation sites excluding steroid dienone is 4. The molecule has 1 N–H and O–H groups in total. The average molecular weight is 243 g/mol. The summed E-state index contributed by atoms with van der Waals surface area (Å²) in [7, 11) is 0. The molecule has 0 spiro atoms. The van der Waals surface area contributed by atoms with Gasteiger partial charge in [0.05, 0.1) is 6.20 Å². The molecule has 1 aliphatic carbocycles. The number of H-pyrrole nitrogens is 1. The van der Waals surface area contributed by atoms with Crippen LogP contribution in [0.25, 0.3) is 0 Å². The van der Waals surface area contributed by atoms with Crippen LogP contribution in [0.4, 0.5) is 5.82 Å². The molecule has 0 saturated carbocycles. The maximum absolute atomic E-state index is 4.46. The SMILES string of the molecule is CCC1C=CC(C(C)C=Nc2[nH]ncc2C)=CC1. The van der Waals surface area contributed by atoms with Crippen LogP contribution in [0.2, 0.25) is 0 Å². The number of nitrogens with zero attached hydrogens (tertiary/aromatic N) is 2. The molecule has 2 unspecified atom stereocenters. The van der Waals surface area contributed by atoms with Crippen molar-refractivity contribution in [3.63, 3.8) is 0 Å². The monoisotopic (exact) mass is 243 g/mol. The Bertz CT molecular complexity index is 480. The largest absolute Gasteiger partial charge is 0.261 e. The van der Waals surface area contributed by atoms with Crippen LogP contribution in [0.1, 0.15) is 32.3 Å². The van der Waals surface area contributed by atoms with Crippen molar-refractivity contribution < 1.29 is 0 Å². The lowest BCUT2D eigenvalue weighted by molar-refractivity contribution is 0.625. The minimum Gasteiger partial charge on any atom is -0.261 e. The molecule has 3 heteroatoms. The normalized spacial score (nSPS) is 21.3. The van der Waals surface area contributed by atoms with E-state index in [1.54, 1.807) is 6.20 Å². The molecule has 3 nitrogen and oxygen atoms in total. The maximum Gasteiger partial charge on any atom is 0.150 e. The van der Waals surface area contributed by atoms with E-state index in [-0.39, 0.29) is 0 Å². The molecule has 18 heavy (non-hydrogen) atoms. The Balaban J connectivity index is 1.99. The van der Waals surface area contributed by atoms with Gasteiger partial charge in [0.25, 0.3) is 0 Å². The van der Waals surface area contributed by atoms with Crippen LogP contribution in [-0.4, -0.2) is 16.4 Å². The standard InChI is InChI=1S/C15H21N3/c1-4-13-5-7-14(8-6-13)11(2)9-16-15-12(3)10-17-18-15/h5,7-11,13H,4,6H2,1-3H3,(H,17,18). The zero-order valence-electron chi connectivity index (χ0n) is 11.4. The van der Waals surface area contributed by atoms with Crippen molar-refractivity contribution in [3.05, 3.63) is 35.6 Å². The molecular weight excluding hydrogens is 222 g/mol.